The second-order valence-electron chi connectivity index (χ2n) is 5.15. The van der Waals surface area contributed by atoms with Crippen molar-refractivity contribution < 1.29 is 28.2 Å². The summed E-state index contributed by atoms with van der Waals surface area (Å²) in [5.74, 6) is -0.611. The number of hydrogen-bond acceptors (Lipinski definition) is 6. The first kappa shape index (κ1) is 19.0. The highest BCUT2D eigenvalue weighted by Crippen LogP contribution is 2.33. The number of hydrogen-bond donors (Lipinski definition) is 2. The normalized spacial score (nSPS) is 10.0. The fourth-order valence-electron chi connectivity index (χ4n) is 2.22. The Labute approximate surface area is 150 Å². The number of methoxy groups -OCH3 is 3. The molecular weight excluding hydrogens is 343 g/mol. The maximum atomic E-state index is 12.9. The van der Waals surface area contributed by atoms with Gasteiger partial charge in [-0.15, -0.1) is 0 Å². The SMILES string of the molecule is COC(=O)c1cc(OC)c(OC)cc1NCC(=O)Nc1ccc(F)cc1. The van der Waals surface area contributed by atoms with Crippen molar-refractivity contribution in [3.63, 3.8) is 0 Å². The molecule has 0 unspecified atom stereocenters. The number of benzene rings is 2. The highest BCUT2D eigenvalue weighted by Gasteiger charge is 2.18. The molecule has 0 aliphatic rings. The van der Waals surface area contributed by atoms with Gasteiger partial charge in [0.15, 0.2) is 11.5 Å². The van der Waals surface area contributed by atoms with Gasteiger partial charge in [-0.25, -0.2) is 9.18 Å². The van der Waals surface area contributed by atoms with Gasteiger partial charge in [0.1, 0.15) is 5.82 Å². The number of halogens is 1. The molecule has 0 spiro atoms. The summed E-state index contributed by atoms with van der Waals surface area (Å²) < 4.78 is 28.0. The van der Waals surface area contributed by atoms with E-state index in [4.69, 9.17) is 14.2 Å². The van der Waals surface area contributed by atoms with Gasteiger partial charge in [0, 0.05) is 17.8 Å². The zero-order valence-electron chi connectivity index (χ0n) is 14.6. The van der Waals surface area contributed by atoms with Gasteiger partial charge in [0.25, 0.3) is 0 Å². The molecular formula is C18H19FN2O5. The number of nitrogens with one attached hydrogen (secondary N) is 2. The zero-order valence-corrected chi connectivity index (χ0v) is 14.6. The maximum Gasteiger partial charge on any atom is 0.340 e. The first-order valence-electron chi connectivity index (χ1n) is 7.62. The van der Waals surface area contributed by atoms with Crippen molar-refractivity contribution in [3.05, 3.63) is 47.8 Å². The molecule has 0 bridgehead atoms. The van der Waals surface area contributed by atoms with E-state index >= 15 is 0 Å². The van der Waals surface area contributed by atoms with E-state index in [2.05, 4.69) is 10.6 Å². The molecule has 26 heavy (non-hydrogen) atoms. The summed E-state index contributed by atoms with van der Waals surface area (Å²) in [6.07, 6.45) is 0. The van der Waals surface area contributed by atoms with Crippen LogP contribution in [0.25, 0.3) is 0 Å². The Hall–Kier alpha value is -3.29. The summed E-state index contributed by atoms with van der Waals surface area (Å²) >= 11 is 0. The zero-order chi connectivity index (χ0) is 19.1. The lowest BCUT2D eigenvalue weighted by Crippen LogP contribution is -2.22. The number of amides is 1. The van der Waals surface area contributed by atoms with Crippen LogP contribution < -0.4 is 20.1 Å². The van der Waals surface area contributed by atoms with E-state index in [9.17, 15) is 14.0 Å². The van der Waals surface area contributed by atoms with Crippen LogP contribution >= 0.6 is 0 Å². The number of carbonyl (C=O) groups is 2. The van der Waals surface area contributed by atoms with E-state index in [0.717, 1.165) is 0 Å². The van der Waals surface area contributed by atoms with Crippen LogP contribution in [0.2, 0.25) is 0 Å². The third-order valence-electron chi connectivity index (χ3n) is 3.50. The lowest BCUT2D eigenvalue weighted by atomic mass is 10.1. The summed E-state index contributed by atoms with van der Waals surface area (Å²) in [6, 6.07) is 8.38. The van der Waals surface area contributed by atoms with Crippen molar-refractivity contribution in [2.75, 3.05) is 38.5 Å². The first-order valence-corrected chi connectivity index (χ1v) is 7.62. The topological polar surface area (TPSA) is 85.9 Å². The van der Waals surface area contributed by atoms with Crippen molar-refractivity contribution in [2.24, 2.45) is 0 Å². The van der Waals surface area contributed by atoms with Crippen LogP contribution in [-0.4, -0.2) is 39.8 Å². The number of esters is 1. The van der Waals surface area contributed by atoms with Gasteiger partial charge in [-0.1, -0.05) is 0 Å². The van der Waals surface area contributed by atoms with Crippen LogP contribution in [0.1, 0.15) is 10.4 Å². The molecule has 0 saturated heterocycles. The fraction of sp³-hybridized carbons (Fsp3) is 0.222. The van der Waals surface area contributed by atoms with Gasteiger partial charge in [-0.3, -0.25) is 4.79 Å². The molecule has 138 valence electrons. The van der Waals surface area contributed by atoms with E-state index in [1.165, 1.54) is 57.7 Å². The van der Waals surface area contributed by atoms with Crippen molar-refractivity contribution >= 4 is 23.3 Å². The van der Waals surface area contributed by atoms with Crippen LogP contribution in [0.4, 0.5) is 15.8 Å². The minimum Gasteiger partial charge on any atom is -0.493 e. The highest BCUT2D eigenvalue weighted by atomic mass is 19.1. The fourth-order valence-corrected chi connectivity index (χ4v) is 2.22. The second kappa shape index (κ2) is 8.70. The van der Waals surface area contributed by atoms with E-state index in [-0.39, 0.29) is 18.0 Å². The third-order valence-corrected chi connectivity index (χ3v) is 3.50. The Morgan fingerprint density at radius 2 is 1.62 bits per heavy atom. The van der Waals surface area contributed by atoms with Crippen molar-refractivity contribution in [1.82, 2.24) is 0 Å². The molecule has 7 nitrogen and oxygen atoms in total. The number of rotatable bonds is 7. The lowest BCUT2D eigenvalue weighted by molar-refractivity contribution is -0.114. The van der Waals surface area contributed by atoms with Crippen LogP contribution in [0, 0.1) is 5.82 Å². The predicted molar refractivity (Wildman–Crippen MR) is 94.4 cm³/mol. The van der Waals surface area contributed by atoms with Gasteiger partial charge in [0.2, 0.25) is 5.91 Å². The molecule has 2 N–H and O–H groups in total. The standard InChI is InChI=1S/C18H19FN2O5/c1-24-15-8-13(18(23)26-3)14(9-16(15)25-2)20-10-17(22)21-12-6-4-11(19)5-7-12/h4-9,20H,10H2,1-3H3,(H,21,22). The number of anilines is 2. The van der Waals surface area contributed by atoms with Crippen molar-refractivity contribution in [2.45, 2.75) is 0 Å². The third kappa shape index (κ3) is 4.62. The molecule has 0 aromatic heterocycles. The molecule has 0 saturated carbocycles. The minimum absolute atomic E-state index is 0.128. The average molecular weight is 362 g/mol. The smallest absolute Gasteiger partial charge is 0.340 e. The summed E-state index contributed by atoms with van der Waals surface area (Å²) in [5, 5.41) is 5.48. The number of carbonyl (C=O) groups excluding carboxylic acids is 2. The summed E-state index contributed by atoms with van der Waals surface area (Å²) in [4.78, 5) is 24.0. The van der Waals surface area contributed by atoms with Crippen LogP contribution in [0.15, 0.2) is 36.4 Å². The van der Waals surface area contributed by atoms with Gasteiger partial charge < -0.3 is 24.8 Å². The van der Waals surface area contributed by atoms with E-state index in [1.807, 2.05) is 0 Å². The van der Waals surface area contributed by atoms with Crippen molar-refractivity contribution in [1.29, 1.82) is 0 Å². The molecule has 0 heterocycles. The quantitative estimate of drug-likeness (QED) is 0.737. The van der Waals surface area contributed by atoms with Crippen LogP contribution in [0.5, 0.6) is 11.5 Å². The molecule has 0 aliphatic heterocycles. The molecule has 0 radical (unpaired) electrons. The van der Waals surface area contributed by atoms with Gasteiger partial charge in [-0.05, 0) is 24.3 Å². The molecule has 2 rings (SSSR count). The summed E-state index contributed by atoms with van der Waals surface area (Å²) in [7, 11) is 4.16. The molecule has 2 aromatic carbocycles. The summed E-state index contributed by atoms with van der Waals surface area (Å²) in [5.41, 5.74) is 1.00. The van der Waals surface area contributed by atoms with Crippen molar-refractivity contribution in [3.8, 4) is 11.5 Å². The molecule has 0 atom stereocenters. The monoisotopic (exact) mass is 362 g/mol. The Kier molecular flexibility index (Phi) is 6.37. The van der Waals surface area contributed by atoms with Gasteiger partial charge in [-0.2, -0.15) is 0 Å². The Morgan fingerprint density at radius 3 is 2.19 bits per heavy atom. The van der Waals surface area contributed by atoms with Crippen LogP contribution in [-0.2, 0) is 9.53 Å². The Balaban J connectivity index is 2.15. The minimum atomic E-state index is -0.590. The second-order valence-corrected chi connectivity index (χ2v) is 5.15. The summed E-state index contributed by atoms with van der Waals surface area (Å²) in [6.45, 7) is -0.128. The van der Waals surface area contributed by atoms with E-state index < -0.39 is 11.8 Å². The van der Waals surface area contributed by atoms with Gasteiger partial charge in [0.05, 0.1) is 39.1 Å². The Morgan fingerprint density at radius 1 is 1.00 bits per heavy atom. The van der Waals surface area contributed by atoms with E-state index in [1.54, 1.807) is 0 Å². The molecule has 1 amide bonds. The molecule has 8 heteroatoms. The predicted octanol–water partition coefficient (Wildman–Crippen LogP) is 2.68. The molecule has 0 fully saturated rings. The largest absolute Gasteiger partial charge is 0.493 e. The Bertz CT molecular complexity index is 793. The molecule has 0 aliphatic carbocycles. The van der Waals surface area contributed by atoms with E-state index in [0.29, 0.717) is 22.9 Å². The maximum absolute atomic E-state index is 12.9. The highest BCUT2D eigenvalue weighted by molar-refractivity contribution is 5.99. The average Bonchev–Trinajstić information content (AvgIpc) is 2.66. The first-order chi connectivity index (χ1) is 12.5. The number of ether oxygens (including phenoxy) is 3. The van der Waals surface area contributed by atoms with Crippen LogP contribution in [0.3, 0.4) is 0 Å². The lowest BCUT2D eigenvalue weighted by Gasteiger charge is -2.15. The molecule has 2 aromatic rings. The van der Waals surface area contributed by atoms with Gasteiger partial charge >= 0.3 is 5.97 Å².